The number of unbranched alkanes of at least 4 members (excludes halogenated alkanes) is 7. The molecule has 0 bridgehead atoms. The van der Waals surface area contributed by atoms with Crippen molar-refractivity contribution in [3.63, 3.8) is 0 Å². The number of hydrogen-bond donors (Lipinski definition) is 0. The first kappa shape index (κ1) is 21.2. The summed E-state index contributed by atoms with van der Waals surface area (Å²) in [6.07, 6.45) is 14.2. The molecular weight excluding hydrogens is 290 g/mol. The van der Waals surface area contributed by atoms with Crippen LogP contribution in [0.5, 0.6) is 0 Å². The Morgan fingerprint density at radius 2 is 1.38 bits per heavy atom. The molecule has 0 aliphatic rings. The third kappa shape index (κ3) is 10.1. The molecule has 0 aliphatic carbocycles. The molecule has 0 radical (unpaired) electrons. The molecule has 1 aromatic rings. The fourth-order valence-electron chi connectivity index (χ4n) is 3.83. The van der Waals surface area contributed by atoms with Gasteiger partial charge < -0.3 is 4.48 Å². The molecule has 0 amide bonds. The second kappa shape index (κ2) is 12.5. The lowest BCUT2D eigenvalue weighted by Gasteiger charge is -2.33. The van der Waals surface area contributed by atoms with Gasteiger partial charge in [0.25, 0.3) is 0 Å². The second-order valence-corrected chi connectivity index (χ2v) is 8.30. The quantitative estimate of drug-likeness (QED) is 0.259. The molecule has 0 saturated carbocycles. The molecule has 1 heteroatoms. The first-order valence-corrected chi connectivity index (χ1v) is 10.4. The van der Waals surface area contributed by atoms with E-state index < -0.39 is 0 Å². The molecule has 0 aromatic heterocycles. The summed E-state index contributed by atoms with van der Waals surface area (Å²) in [6, 6.07) is 11.0. The number of benzene rings is 1. The fourth-order valence-corrected chi connectivity index (χ4v) is 3.83. The van der Waals surface area contributed by atoms with E-state index in [4.69, 9.17) is 0 Å². The van der Waals surface area contributed by atoms with E-state index in [0.29, 0.717) is 0 Å². The van der Waals surface area contributed by atoms with Crippen LogP contribution >= 0.6 is 0 Å². The number of quaternary nitrogens is 1. The maximum atomic E-state index is 2.39. The van der Waals surface area contributed by atoms with Crippen LogP contribution in [-0.2, 0) is 6.54 Å². The molecule has 0 spiro atoms. The normalized spacial score (nSPS) is 13.2. The van der Waals surface area contributed by atoms with Crippen molar-refractivity contribution in [2.75, 3.05) is 20.6 Å². The lowest BCUT2D eigenvalue weighted by molar-refractivity contribution is -0.907. The van der Waals surface area contributed by atoms with Crippen molar-refractivity contribution in [3.8, 4) is 0 Å². The van der Waals surface area contributed by atoms with Gasteiger partial charge in [-0.3, -0.25) is 0 Å². The minimum atomic E-state index is 0.879. The molecule has 1 aromatic carbocycles. The summed E-state index contributed by atoms with van der Waals surface area (Å²) >= 11 is 0. The Hall–Kier alpha value is -0.820. The zero-order valence-electron chi connectivity index (χ0n) is 16.9. The van der Waals surface area contributed by atoms with Crippen molar-refractivity contribution in [1.82, 2.24) is 0 Å². The molecule has 1 atom stereocenters. The molecule has 24 heavy (non-hydrogen) atoms. The van der Waals surface area contributed by atoms with Crippen LogP contribution in [0, 0.1) is 5.92 Å². The van der Waals surface area contributed by atoms with Crippen molar-refractivity contribution < 1.29 is 4.48 Å². The fraction of sp³-hybridized carbons (Fsp3) is 0.739. The maximum Gasteiger partial charge on any atom is 0.104 e. The van der Waals surface area contributed by atoms with E-state index in [-0.39, 0.29) is 0 Å². The molecule has 0 saturated heterocycles. The smallest absolute Gasteiger partial charge is 0.104 e. The van der Waals surface area contributed by atoms with Gasteiger partial charge in [0, 0.05) is 11.5 Å². The molecular formula is C23H42N+. The van der Waals surface area contributed by atoms with E-state index in [0.717, 1.165) is 16.9 Å². The van der Waals surface area contributed by atoms with E-state index in [1.165, 1.54) is 76.3 Å². The Labute approximate surface area is 152 Å². The van der Waals surface area contributed by atoms with Crippen LogP contribution in [0.25, 0.3) is 0 Å². The van der Waals surface area contributed by atoms with Crippen LogP contribution in [0.1, 0.15) is 83.6 Å². The highest BCUT2D eigenvalue weighted by molar-refractivity contribution is 5.13. The third-order valence-electron chi connectivity index (χ3n) is 5.25. The Balaban J connectivity index is 2.21. The summed E-state index contributed by atoms with van der Waals surface area (Å²) in [6.45, 7) is 7.12. The first-order chi connectivity index (χ1) is 11.6. The van der Waals surface area contributed by atoms with Gasteiger partial charge in [0.2, 0.25) is 0 Å². The number of hydrogen-bond acceptors (Lipinski definition) is 0. The highest BCUT2D eigenvalue weighted by atomic mass is 15.3. The number of rotatable bonds is 14. The number of nitrogens with zero attached hydrogens (tertiary/aromatic N) is 1. The minimum absolute atomic E-state index is 0.879. The van der Waals surface area contributed by atoms with E-state index >= 15 is 0 Å². The van der Waals surface area contributed by atoms with Crippen LogP contribution in [0.3, 0.4) is 0 Å². The summed E-state index contributed by atoms with van der Waals surface area (Å²) in [5.74, 6) is 0.879. The summed E-state index contributed by atoms with van der Waals surface area (Å²) in [4.78, 5) is 0. The van der Waals surface area contributed by atoms with Gasteiger partial charge in [0.05, 0.1) is 20.6 Å². The summed E-state index contributed by atoms with van der Waals surface area (Å²) in [5, 5.41) is 0. The van der Waals surface area contributed by atoms with Crippen molar-refractivity contribution in [2.45, 2.75) is 84.6 Å². The molecule has 0 heterocycles. The maximum absolute atomic E-state index is 2.39. The van der Waals surface area contributed by atoms with Crippen molar-refractivity contribution in [1.29, 1.82) is 0 Å². The average Bonchev–Trinajstić information content (AvgIpc) is 2.56. The molecule has 1 unspecified atom stereocenters. The molecule has 0 fully saturated rings. The SMILES string of the molecule is CCCCCCCCCCC(CC)C[N+](C)(C)Cc1ccccc1. The van der Waals surface area contributed by atoms with Crippen molar-refractivity contribution in [3.05, 3.63) is 35.9 Å². The Morgan fingerprint density at radius 3 is 1.96 bits per heavy atom. The van der Waals surface area contributed by atoms with Gasteiger partial charge in [0.15, 0.2) is 0 Å². The van der Waals surface area contributed by atoms with Crippen LogP contribution in [0.15, 0.2) is 30.3 Å². The molecule has 1 rings (SSSR count). The van der Waals surface area contributed by atoms with Crippen LogP contribution < -0.4 is 0 Å². The van der Waals surface area contributed by atoms with E-state index in [2.05, 4.69) is 58.3 Å². The Bertz CT molecular complexity index is 396. The van der Waals surface area contributed by atoms with E-state index in [1.54, 1.807) is 0 Å². The Morgan fingerprint density at radius 1 is 0.792 bits per heavy atom. The Kier molecular flexibility index (Phi) is 11.1. The molecule has 1 nitrogen and oxygen atoms in total. The van der Waals surface area contributed by atoms with Gasteiger partial charge in [-0.15, -0.1) is 0 Å². The largest absolute Gasteiger partial charge is 0.325 e. The lowest BCUT2D eigenvalue weighted by atomic mass is 9.96. The minimum Gasteiger partial charge on any atom is -0.325 e. The van der Waals surface area contributed by atoms with Crippen LogP contribution in [-0.4, -0.2) is 25.1 Å². The third-order valence-corrected chi connectivity index (χ3v) is 5.25. The first-order valence-electron chi connectivity index (χ1n) is 10.4. The highest BCUT2D eigenvalue weighted by Gasteiger charge is 2.21. The predicted octanol–water partition coefficient (Wildman–Crippen LogP) is 6.82. The topological polar surface area (TPSA) is 0 Å². The van der Waals surface area contributed by atoms with Crippen LogP contribution in [0.4, 0.5) is 0 Å². The van der Waals surface area contributed by atoms with Gasteiger partial charge in [-0.2, -0.15) is 0 Å². The molecule has 0 aliphatic heterocycles. The molecule has 0 N–H and O–H groups in total. The summed E-state index contributed by atoms with van der Waals surface area (Å²) < 4.78 is 1.11. The summed E-state index contributed by atoms with van der Waals surface area (Å²) in [5.41, 5.74) is 1.46. The van der Waals surface area contributed by atoms with E-state index in [9.17, 15) is 0 Å². The predicted molar refractivity (Wildman–Crippen MR) is 108 cm³/mol. The van der Waals surface area contributed by atoms with Crippen molar-refractivity contribution in [2.24, 2.45) is 5.92 Å². The average molecular weight is 333 g/mol. The lowest BCUT2D eigenvalue weighted by Crippen LogP contribution is -2.42. The standard InChI is InChI=1S/C23H42N/c1-5-7-8-9-10-11-12-14-17-22(6-2)20-24(3,4)21-23-18-15-13-16-19-23/h13,15-16,18-19,22H,5-12,14,17,20-21H2,1-4H3/q+1. The van der Waals surface area contributed by atoms with Gasteiger partial charge >= 0.3 is 0 Å². The van der Waals surface area contributed by atoms with Gasteiger partial charge in [0.1, 0.15) is 6.54 Å². The van der Waals surface area contributed by atoms with Gasteiger partial charge in [-0.25, -0.2) is 0 Å². The van der Waals surface area contributed by atoms with Gasteiger partial charge in [-0.05, 0) is 12.8 Å². The monoisotopic (exact) mass is 332 g/mol. The van der Waals surface area contributed by atoms with Gasteiger partial charge in [-0.1, -0.05) is 95.5 Å². The van der Waals surface area contributed by atoms with E-state index in [1.807, 2.05) is 0 Å². The zero-order valence-corrected chi connectivity index (χ0v) is 16.9. The summed E-state index contributed by atoms with van der Waals surface area (Å²) in [7, 11) is 4.78. The second-order valence-electron chi connectivity index (χ2n) is 8.30. The zero-order chi connectivity index (χ0) is 17.7. The highest BCUT2D eigenvalue weighted by Crippen LogP contribution is 2.20. The van der Waals surface area contributed by atoms with Crippen molar-refractivity contribution >= 4 is 0 Å². The van der Waals surface area contributed by atoms with Crippen LogP contribution in [0.2, 0.25) is 0 Å². The molecule has 138 valence electrons.